The second kappa shape index (κ2) is 13.5. The van der Waals surface area contributed by atoms with E-state index < -0.39 is 17.0 Å². The van der Waals surface area contributed by atoms with Gasteiger partial charge >= 0.3 is 0 Å². The van der Waals surface area contributed by atoms with Crippen molar-refractivity contribution in [2.45, 2.75) is 37.3 Å². The zero-order valence-corrected chi connectivity index (χ0v) is 26.8. The third-order valence-corrected chi connectivity index (χ3v) is 8.04. The summed E-state index contributed by atoms with van der Waals surface area (Å²) in [5.74, 6) is -0.856. The Kier molecular flexibility index (Phi) is 9.70. The number of amides is 3. The monoisotopic (exact) mass is 630 g/mol. The average Bonchev–Trinajstić information content (AvgIpc) is 3.78. The highest BCUT2D eigenvalue weighted by molar-refractivity contribution is 6.60. The van der Waals surface area contributed by atoms with E-state index in [4.69, 9.17) is 4.74 Å². The number of nitrogens with one attached hydrogen (secondary N) is 3. The largest absolute Gasteiger partial charge is 0.494 e. The van der Waals surface area contributed by atoms with E-state index in [2.05, 4.69) is 31.2 Å². The fraction of sp³-hybridized carbons (Fsp3) is 0.448. The summed E-state index contributed by atoms with van der Waals surface area (Å²) in [4.78, 5) is 40.8. The van der Waals surface area contributed by atoms with Crippen molar-refractivity contribution in [2.24, 2.45) is 18.9 Å². The number of halogens is 1. The molecule has 0 spiro atoms. The van der Waals surface area contributed by atoms with Crippen LogP contribution in [0.25, 0.3) is 11.3 Å². The fourth-order valence-corrected chi connectivity index (χ4v) is 5.50. The van der Waals surface area contributed by atoms with Crippen LogP contribution in [0, 0.1) is 17.7 Å². The van der Waals surface area contributed by atoms with Crippen LogP contribution in [0.4, 0.5) is 21.6 Å². The molecule has 46 heavy (non-hydrogen) atoms. The lowest BCUT2D eigenvalue weighted by atomic mass is 9.49. The predicted octanol–water partition coefficient (Wildman–Crippen LogP) is -0.408. The average molecular weight is 630 g/mol. The van der Waals surface area contributed by atoms with Crippen molar-refractivity contribution >= 4 is 58.5 Å². The summed E-state index contributed by atoms with van der Waals surface area (Å²) in [5.41, 5.74) is 1.20. The molecule has 2 fully saturated rings. The minimum atomic E-state index is -0.618. The molecule has 2 aromatic heterocycles. The Labute approximate surface area is 269 Å². The van der Waals surface area contributed by atoms with Crippen LogP contribution in [-0.4, -0.2) is 103 Å². The minimum Gasteiger partial charge on any atom is -0.494 e. The molecular weight excluding hydrogens is 592 g/mol. The van der Waals surface area contributed by atoms with Gasteiger partial charge in [0.05, 0.1) is 24.2 Å². The number of ether oxygens (including phenoxy) is 1. The molecule has 2 aliphatic rings. The summed E-state index contributed by atoms with van der Waals surface area (Å²) in [7, 11) is 8.54. The molecule has 3 aromatic rings. The van der Waals surface area contributed by atoms with Crippen molar-refractivity contribution in [3.8, 4) is 17.0 Å². The van der Waals surface area contributed by atoms with Crippen LogP contribution in [-0.2, 0) is 11.8 Å². The number of methoxy groups -OCH3 is 1. The molecule has 0 unspecified atom stereocenters. The Bertz CT molecular complexity index is 1640. The van der Waals surface area contributed by atoms with E-state index in [0.717, 1.165) is 32.1 Å². The van der Waals surface area contributed by atoms with Crippen LogP contribution in [0.3, 0.4) is 0 Å². The molecule has 1 aromatic carbocycles. The highest BCUT2D eigenvalue weighted by atomic mass is 19.1. The number of rotatable bonds is 11. The molecule has 0 atom stereocenters. The lowest BCUT2D eigenvalue weighted by Gasteiger charge is -2.31. The van der Waals surface area contributed by atoms with Gasteiger partial charge in [-0.25, -0.2) is 4.39 Å². The van der Waals surface area contributed by atoms with Crippen LogP contribution < -0.4 is 20.7 Å². The van der Waals surface area contributed by atoms with Gasteiger partial charge in [0.2, 0.25) is 5.91 Å². The van der Waals surface area contributed by atoms with Crippen LogP contribution in [0.2, 0.25) is 0 Å². The summed E-state index contributed by atoms with van der Waals surface area (Å²) in [6.45, 7) is 1.29. The Morgan fingerprint density at radius 2 is 1.78 bits per heavy atom. The molecule has 0 bridgehead atoms. The van der Waals surface area contributed by atoms with Gasteiger partial charge in [0.25, 0.3) is 11.8 Å². The number of anilines is 3. The molecule has 1 aliphatic carbocycles. The quantitative estimate of drug-likeness (QED) is 0.207. The SMILES string of the molecule is BC(B)(B)NC(=O)c1nnc(NC(=O)C2CC2)cc1Nc1cc(F)cc(-c2cc(C(=O)N3CCC(CCO)CC3)n(C)n2)c1OC. The second-order valence-electron chi connectivity index (χ2n) is 12.9. The molecular formula is C29H38B3FN8O5. The van der Waals surface area contributed by atoms with Crippen molar-refractivity contribution in [3.05, 3.63) is 41.5 Å². The van der Waals surface area contributed by atoms with E-state index in [1.165, 1.54) is 30.0 Å². The van der Waals surface area contributed by atoms with Crippen LogP contribution in [0.5, 0.6) is 5.75 Å². The molecule has 1 aliphatic heterocycles. The Balaban J connectivity index is 1.47. The van der Waals surface area contributed by atoms with Crippen LogP contribution in [0.15, 0.2) is 24.3 Å². The molecule has 17 heteroatoms. The number of likely N-dealkylation sites (tertiary alicyclic amines) is 1. The van der Waals surface area contributed by atoms with Gasteiger partial charge in [0.1, 0.15) is 35.0 Å². The summed E-state index contributed by atoms with van der Waals surface area (Å²) in [6, 6.07) is 5.55. The maximum absolute atomic E-state index is 15.2. The number of hydrogen-bond donors (Lipinski definition) is 4. The molecule has 1 saturated carbocycles. The number of hydrogen-bond acceptors (Lipinski definition) is 9. The number of carbonyl (C=O) groups is 3. The van der Waals surface area contributed by atoms with Gasteiger partial charge in [0.15, 0.2) is 17.3 Å². The van der Waals surface area contributed by atoms with Gasteiger partial charge in [0, 0.05) is 50.4 Å². The lowest BCUT2D eigenvalue weighted by Crippen LogP contribution is -2.50. The van der Waals surface area contributed by atoms with E-state index in [-0.39, 0.29) is 58.5 Å². The zero-order valence-electron chi connectivity index (χ0n) is 26.8. The number of aryl methyl sites for hydroxylation is 1. The van der Waals surface area contributed by atoms with Gasteiger partial charge in [-0.2, -0.15) is 5.10 Å². The van der Waals surface area contributed by atoms with E-state index in [9.17, 15) is 19.5 Å². The van der Waals surface area contributed by atoms with Crippen molar-refractivity contribution in [1.82, 2.24) is 30.2 Å². The smallest absolute Gasteiger partial charge is 0.272 e. The zero-order chi connectivity index (χ0) is 33.2. The maximum atomic E-state index is 15.2. The molecule has 4 N–H and O–H groups in total. The van der Waals surface area contributed by atoms with Gasteiger partial charge in [-0.15, -0.1) is 10.2 Å². The number of aliphatic hydroxyl groups excluding tert-OH is 1. The minimum absolute atomic E-state index is 0.0688. The topological polar surface area (TPSA) is 164 Å². The number of aliphatic hydroxyl groups is 1. The van der Waals surface area contributed by atoms with Crippen molar-refractivity contribution in [2.75, 3.05) is 37.4 Å². The summed E-state index contributed by atoms with van der Waals surface area (Å²) < 4.78 is 22.4. The Morgan fingerprint density at radius 1 is 1.07 bits per heavy atom. The van der Waals surface area contributed by atoms with Gasteiger partial charge in [-0.1, -0.05) is 0 Å². The van der Waals surface area contributed by atoms with Gasteiger partial charge < -0.3 is 30.7 Å². The summed E-state index contributed by atoms with van der Waals surface area (Å²) in [5, 5.41) is 30.0. The first-order valence-corrected chi connectivity index (χ1v) is 15.5. The van der Waals surface area contributed by atoms with E-state index in [0.29, 0.717) is 30.4 Å². The third-order valence-electron chi connectivity index (χ3n) is 8.04. The number of nitrogens with zero attached hydrogens (tertiary/aromatic N) is 5. The highest BCUT2D eigenvalue weighted by Gasteiger charge is 2.31. The molecule has 3 heterocycles. The number of aromatic nitrogens is 4. The number of carbonyl (C=O) groups excluding carboxylic acids is 3. The molecule has 5 rings (SSSR count). The molecule has 0 radical (unpaired) electrons. The Hall–Kier alpha value is -4.40. The summed E-state index contributed by atoms with van der Waals surface area (Å²) >= 11 is 0. The normalized spacial score (nSPS) is 15.3. The standard InChI is InChI=1S/C29H38B3FN8O5/c1-40-22(28(45)41-8-5-15(6-9-41)7-10-42)13-19(39-40)18-11-17(33)12-21(25(18)46-2)34-20-14-23(35-26(43)16-3-4-16)37-38-24(20)27(44)36-29(30,31)32/h11-16,42H,3-10,30-32H2,1-2H3,(H,36,44)(H2,34,35,37,43). The number of benzene rings is 1. The maximum Gasteiger partial charge on any atom is 0.272 e. The van der Waals surface area contributed by atoms with Gasteiger partial charge in [-0.3, -0.25) is 19.1 Å². The Morgan fingerprint density at radius 3 is 2.41 bits per heavy atom. The first kappa shape index (κ1) is 33.0. The number of piperidine rings is 1. The van der Waals surface area contributed by atoms with Crippen LogP contribution in [0.1, 0.15) is 53.1 Å². The summed E-state index contributed by atoms with van der Waals surface area (Å²) in [6.07, 6.45) is 3.94. The fourth-order valence-electron chi connectivity index (χ4n) is 5.50. The molecule has 1 saturated heterocycles. The van der Waals surface area contributed by atoms with Crippen LogP contribution >= 0.6 is 0 Å². The van der Waals surface area contributed by atoms with Gasteiger partial charge in [-0.05, 0) is 55.4 Å². The molecule has 240 valence electrons. The first-order valence-electron chi connectivity index (χ1n) is 15.5. The van der Waals surface area contributed by atoms with Crippen molar-refractivity contribution in [1.29, 1.82) is 0 Å². The van der Waals surface area contributed by atoms with Crippen molar-refractivity contribution < 1.29 is 28.6 Å². The first-order chi connectivity index (χ1) is 21.9. The molecule has 13 nitrogen and oxygen atoms in total. The van der Waals surface area contributed by atoms with E-state index in [1.807, 2.05) is 23.5 Å². The third kappa shape index (κ3) is 7.69. The van der Waals surface area contributed by atoms with E-state index >= 15 is 4.39 Å². The van der Waals surface area contributed by atoms with E-state index in [1.54, 1.807) is 18.0 Å². The highest BCUT2D eigenvalue weighted by Crippen LogP contribution is 2.39. The molecule has 3 amide bonds. The lowest BCUT2D eigenvalue weighted by molar-refractivity contribution is -0.117. The second-order valence-corrected chi connectivity index (χ2v) is 12.9. The predicted molar refractivity (Wildman–Crippen MR) is 178 cm³/mol. The van der Waals surface area contributed by atoms with Crippen molar-refractivity contribution in [3.63, 3.8) is 0 Å².